The highest BCUT2D eigenvalue weighted by molar-refractivity contribution is 7.18. The van der Waals surface area contributed by atoms with Crippen molar-refractivity contribution >= 4 is 27.5 Å². The number of nitrogens with zero attached hydrogens (tertiary/aromatic N) is 3. The minimum absolute atomic E-state index is 0.0670. The lowest BCUT2D eigenvalue weighted by molar-refractivity contribution is -0.121. The van der Waals surface area contributed by atoms with Crippen molar-refractivity contribution in [1.29, 1.82) is 0 Å². The van der Waals surface area contributed by atoms with E-state index >= 15 is 0 Å². The Morgan fingerprint density at radius 2 is 2.13 bits per heavy atom. The van der Waals surface area contributed by atoms with E-state index in [1.54, 1.807) is 23.9 Å². The SMILES string of the molecule is CC(NC(=O)CCc1nc2sc3c(c2c(=O)[nH]1)CCC3)c1ccc(-n2ccnc2)cc1. The summed E-state index contributed by atoms with van der Waals surface area (Å²) in [6.07, 6.45) is 9.17. The van der Waals surface area contributed by atoms with Crippen LogP contribution in [0.25, 0.3) is 15.9 Å². The van der Waals surface area contributed by atoms with Gasteiger partial charge in [0.1, 0.15) is 10.7 Å². The van der Waals surface area contributed by atoms with Gasteiger partial charge in [-0.25, -0.2) is 9.97 Å². The van der Waals surface area contributed by atoms with Gasteiger partial charge in [-0.3, -0.25) is 9.59 Å². The Kier molecular flexibility index (Phi) is 5.15. The topological polar surface area (TPSA) is 92.7 Å². The number of aromatic nitrogens is 4. The van der Waals surface area contributed by atoms with Crippen molar-refractivity contribution in [1.82, 2.24) is 24.8 Å². The quantitative estimate of drug-likeness (QED) is 0.487. The molecule has 1 atom stereocenters. The van der Waals surface area contributed by atoms with Crippen molar-refractivity contribution in [3.05, 3.63) is 75.2 Å². The number of H-pyrrole nitrogens is 1. The molecule has 5 rings (SSSR count). The molecule has 0 saturated carbocycles. The number of aromatic amines is 1. The molecule has 3 aromatic heterocycles. The van der Waals surface area contributed by atoms with Gasteiger partial charge in [0.05, 0.1) is 17.8 Å². The first-order chi connectivity index (χ1) is 15.1. The number of carbonyl (C=O) groups is 1. The van der Waals surface area contributed by atoms with Crippen LogP contribution in [-0.4, -0.2) is 25.4 Å². The Labute approximate surface area is 183 Å². The first-order valence-electron chi connectivity index (χ1n) is 10.5. The number of imidazole rings is 1. The molecular formula is C23H23N5O2S. The van der Waals surface area contributed by atoms with Gasteiger partial charge in [-0.2, -0.15) is 0 Å². The third-order valence-electron chi connectivity index (χ3n) is 5.79. The van der Waals surface area contributed by atoms with Crippen molar-refractivity contribution in [2.24, 2.45) is 0 Å². The summed E-state index contributed by atoms with van der Waals surface area (Å²) in [5.74, 6) is 0.507. The second-order valence-corrected chi connectivity index (χ2v) is 8.98. The summed E-state index contributed by atoms with van der Waals surface area (Å²) in [6, 6.07) is 7.90. The number of amides is 1. The number of rotatable bonds is 6. The van der Waals surface area contributed by atoms with E-state index in [2.05, 4.69) is 20.3 Å². The van der Waals surface area contributed by atoms with Crippen LogP contribution >= 0.6 is 11.3 Å². The maximum absolute atomic E-state index is 12.5. The molecule has 158 valence electrons. The summed E-state index contributed by atoms with van der Waals surface area (Å²) in [5, 5.41) is 3.78. The third-order valence-corrected chi connectivity index (χ3v) is 6.97. The fraction of sp³-hybridized carbons (Fsp3) is 0.304. The van der Waals surface area contributed by atoms with Gasteiger partial charge in [-0.05, 0) is 49.4 Å². The highest BCUT2D eigenvalue weighted by Gasteiger charge is 2.21. The summed E-state index contributed by atoms with van der Waals surface area (Å²) < 4.78 is 1.93. The maximum Gasteiger partial charge on any atom is 0.259 e. The maximum atomic E-state index is 12.5. The molecule has 0 radical (unpaired) electrons. The van der Waals surface area contributed by atoms with Crippen molar-refractivity contribution in [3.8, 4) is 5.69 Å². The molecule has 0 aliphatic heterocycles. The number of aryl methyl sites for hydroxylation is 3. The molecule has 1 amide bonds. The van der Waals surface area contributed by atoms with Gasteiger partial charge in [-0.15, -0.1) is 11.3 Å². The first kappa shape index (κ1) is 19.7. The lowest BCUT2D eigenvalue weighted by atomic mass is 10.1. The highest BCUT2D eigenvalue weighted by Crippen LogP contribution is 2.34. The van der Waals surface area contributed by atoms with Crippen LogP contribution < -0.4 is 10.9 Å². The molecule has 0 bridgehead atoms. The molecule has 1 aliphatic rings. The van der Waals surface area contributed by atoms with E-state index < -0.39 is 0 Å². The van der Waals surface area contributed by atoms with Crippen LogP contribution in [0.4, 0.5) is 0 Å². The van der Waals surface area contributed by atoms with Gasteiger partial charge < -0.3 is 14.9 Å². The van der Waals surface area contributed by atoms with E-state index in [0.29, 0.717) is 12.2 Å². The third kappa shape index (κ3) is 3.90. The number of carbonyl (C=O) groups excluding carboxylic acids is 1. The van der Waals surface area contributed by atoms with E-state index in [1.165, 1.54) is 10.4 Å². The summed E-state index contributed by atoms with van der Waals surface area (Å²) in [5.41, 5.74) is 3.14. The van der Waals surface area contributed by atoms with Gasteiger partial charge in [0.15, 0.2) is 0 Å². The molecule has 1 aromatic carbocycles. The van der Waals surface area contributed by atoms with Crippen LogP contribution in [0, 0.1) is 0 Å². The van der Waals surface area contributed by atoms with Crippen molar-refractivity contribution in [3.63, 3.8) is 0 Å². The van der Waals surface area contributed by atoms with E-state index in [9.17, 15) is 9.59 Å². The number of fused-ring (bicyclic) bond motifs is 3. The van der Waals surface area contributed by atoms with Gasteiger partial charge >= 0.3 is 0 Å². The second-order valence-electron chi connectivity index (χ2n) is 7.90. The molecule has 3 heterocycles. The predicted octanol–water partition coefficient (Wildman–Crippen LogP) is 3.47. The smallest absolute Gasteiger partial charge is 0.259 e. The lowest BCUT2D eigenvalue weighted by Crippen LogP contribution is -2.27. The van der Waals surface area contributed by atoms with Crippen LogP contribution in [0.15, 0.2) is 47.8 Å². The Balaban J connectivity index is 1.21. The van der Waals surface area contributed by atoms with Crippen LogP contribution in [0.5, 0.6) is 0 Å². The fourth-order valence-electron chi connectivity index (χ4n) is 4.14. The Hall–Kier alpha value is -3.26. The zero-order valence-electron chi connectivity index (χ0n) is 17.2. The van der Waals surface area contributed by atoms with E-state index in [4.69, 9.17) is 0 Å². The number of hydrogen-bond donors (Lipinski definition) is 2. The molecule has 8 heteroatoms. The zero-order chi connectivity index (χ0) is 21.4. The fourth-order valence-corrected chi connectivity index (χ4v) is 5.42. The van der Waals surface area contributed by atoms with E-state index in [-0.39, 0.29) is 23.9 Å². The van der Waals surface area contributed by atoms with E-state index in [0.717, 1.165) is 40.7 Å². The van der Waals surface area contributed by atoms with Gasteiger partial charge in [0, 0.05) is 35.8 Å². The molecule has 0 fully saturated rings. The minimum Gasteiger partial charge on any atom is -0.350 e. The van der Waals surface area contributed by atoms with Crippen molar-refractivity contribution < 1.29 is 4.79 Å². The normalized spacial score (nSPS) is 14.0. The highest BCUT2D eigenvalue weighted by atomic mass is 32.1. The molecule has 31 heavy (non-hydrogen) atoms. The number of hydrogen-bond acceptors (Lipinski definition) is 5. The summed E-state index contributed by atoms with van der Waals surface area (Å²) in [6.45, 7) is 1.96. The van der Waals surface area contributed by atoms with Crippen LogP contribution in [0.3, 0.4) is 0 Å². The van der Waals surface area contributed by atoms with Crippen molar-refractivity contribution in [2.45, 2.75) is 45.1 Å². The second kappa shape index (κ2) is 8.11. The van der Waals surface area contributed by atoms with Crippen molar-refractivity contribution in [2.75, 3.05) is 0 Å². The Morgan fingerprint density at radius 3 is 2.90 bits per heavy atom. The van der Waals surface area contributed by atoms with Gasteiger partial charge in [0.2, 0.25) is 5.91 Å². The standard InChI is InChI=1S/C23H23N5O2S/c1-14(15-5-7-16(8-6-15)28-12-11-24-13-28)25-20(29)10-9-19-26-22(30)21-17-3-2-4-18(17)31-23(21)27-19/h5-8,11-14H,2-4,9-10H2,1H3,(H,25,29)(H,26,27,30). The molecule has 0 spiro atoms. The molecule has 0 saturated heterocycles. The molecular weight excluding hydrogens is 410 g/mol. The minimum atomic E-state index is -0.112. The summed E-state index contributed by atoms with van der Waals surface area (Å²) in [4.78, 5) is 38.7. The van der Waals surface area contributed by atoms with Crippen LogP contribution in [0.1, 0.15) is 47.6 Å². The average Bonchev–Trinajstić information content (AvgIpc) is 3.49. The molecule has 1 unspecified atom stereocenters. The van der Waals surface area contributed by atoms with Gasteiger partial charge in [0.25, 0.3) is 5.56 Å². The first-order valence-corrected chi connectivity index (χ1v) is 11.3. The summed E-state index contributed by atoms with van der Waals surface area (Å²) >= 11 is 1.62. The van der Waals surface area contributed by atoms with E-state index in [1.807, 2.05) is 42.0 Å². The van der Waals surface area contributed by atoms with Gasteiger partial charge in [-0.1, -0.05) is 12.1 Å². The van der Waals surface area contributed by atoms with Crippen LogP contribution in [-0.2, 0) is 24.1 Å². The average molecular weight is 434 g/mol. The predicted molar refractivity (Wildman–Crippen MR) is 121 cm³/mol. The number of benzene rings is 1. The number of thiophene rings is 1. The Bertz CT molecular complexity index is 1290. The monoisotopic (exact) mass is 433 g/mol. The molecule has 4 aromatic rings. The summed E-state index contributed by atoms with van der Waals surface area (Å²) in [7, 11) is 0. The zero-order valence-corrected chi connectivity index (χ0v) is 18.0. The Morgan fingerprint density at radius 1 is 1.29 bits per heavy atom. The molecule has 1 aliphatic carbocycles. The van der Waals surface area contributed by atoms with Crippen LogP contribution in [0.2, 0.25) is 0 Å². The molecule has 7 nitrogen and oxygen atoms in total. The largest absolute Gasteiger partial charge is 0.350 e. The lowest BCUT2D eigenvalue weighted by Gasteiger charge is -2.15. The number of nitrogens with one attached hydrogen (secondary N) is 2. The molecule has 2 N–H and O–H groups in total.